The van der Waals surface area contributed by atoms with Crippen LogP contribution in [0.1, 0.15) is 19.4 Å². The van der Waals surface area contributed by atoms with Gasteiger partial charge in [-0.3, -0.25) is 4.79 Å². The lowest BCUT2D eigenvalue weighted by Crippen LogP contribution is -2.36. The largest absolute Gasteiger partial charge is 0.381 e. The van der Waals surface area contributed by atoms with Gasteiger partial charge in [0.2, 0.25) is 0 Å². The van der Waals surface area contributed by atoms with Crippen molar-refractivity contribution in [3.63, 3.8) is 0 Å². The minimum absolute atomic E-state index is 0.465. The van der Waals surface area contributed by atoms with Crippen molar-refractivity contribution in [2.75, 3.05) is 5.32 Å². The molecule has 0 aliphatic carbocycles. The number of amides is 1. The van der Waals surface area contributed by atoms with Crippen molar-refractivity contribution in [2.45, 2.75) is 26.4 Å². The molecule has 0 spiro atoms. The molecule has 0 fully saturated rings. The minimum Gasteiger partial charge on any atom is -0.381 e. The fourth-order valence-corrected chi connectivity index (χ4v) is 1.28. The van der Waals surface area contributed by atoms with Crippen LogP contribution in [0.3, 0.4) is 0 Å². The summed E-state index contributed by atoms with van der Waals surface area (Å²) in [5.74, 6) is -0.478. The highest BCUT2D eigenvalue weighted by Gasteiger charge is 2.24. The minimum atomic E-state index is -1.41. The van der Waals surface area contributed by atoms with Crippen molar-refractivity contribution >= 4 is 23.2 Å². The van der Waals surface area contributed by atoms with E-state index < -0.39 is 11.5 Å². The predicted octanol–water partition coefficient (Wildman–Crippen LogP) is 2.36. The SMILES string of the molecule is Cc1ccc(NC(=O)C(C)(C)O)c(Cl)c1. The summed E-state index contributed by atoms with van der Waals surface area (Å²) in [5.41, 5.74) is 0.115. The first-order chi connectivity index (χ1) is 6.80. The smallest absolute Gasteiger partial charge is 0.255 e. The molecule has 1 aromatic rings. The van der Waals surface area contributed by atoms with Gasteiger partial charge in [-0.1, -0.05) is 17.7 Å². The number of benzene rings is 1. The highest BCUT2D eigenvalue weighted by Crippen LogP contribution is 2.23. The van der Waals surface area contributed by atoms with Gasteiger partial charge < -0.3 is 10.4 Å². The number of hydrogen-bond donors (Lipinski definition) is 2. The van der Waals surface area contributed by atoms with Crippen LogP contribution in [0.2, 0.25) is 5.02 Å². The highest BCUT2D eigenvalue weighted by molar-refractivity contribution is 6.33. The van der Waals surface area contributed by atoms with E-state index in [-0.39, 0.29) is 0 Å². The molecule has 15 heavy (non-hydrogen) atoms. The van der Waals surface area contributed by atoms with Crippen LogP contribution in [0.4, 0.5) is 5.69 Å². The molecule has 0 bridgehead atoms. The summed E-state index contributed by atoms with van der Waals surface area (Å²) in [4.78, 5) is 11.5. The molecule has 0 radical (unpaired) electrons. The van der Waals surface area contributed by atoms with Crippen LogP contribution in [0.15, 0.2) is 18.2 Å². The van der Waals surface area contributed by atoms with E-state index in [1.165, 1.54) is 13.8 Å². The van der Waals surface area contributed by atoms with Crippen LogP contribution in [0.25, 0.3) is 0 Å². The fraction of sp³-hybridized carbons (Fsp3) is 0.364. The number of nitrogens with one attached hydrogen (secondary N) is 1. The van der Waals surface area contributed by atoms with Gasteiger partial charge in [-0.15, -0.1) is 0 Å². The van der Waals surface area contributed by atoms with Crippen molar-refractivity contribution in [3.05, 3.63) is 28.8 Å². The maximum absolute atomic E-state index is 11.5. The van der Waals surface area contributed by atoms with Crippen LogP contribution in [0.5, 0.6) is 0 Å². The van der Waals surface area contributed by atoms with Crippen molar-refractivity contribution < 1.29 is 9.90 Å². The zero-order chi connectivity index (χ0) is 11.6. The summed E-state index contributed by atoms with van der Waals surface area (Å²) in [5, 5.41) is 12.5. The number of aryl methyl sites for hydroxylation is 1. The Morgan fingerprint density at radius 3 is 2.53 bits per heavy atom. The molecule has 0 atom stereocenters. The van der Waals surface area contributed by atoms with Gasteiger partial charge in [-0.2, -0.15) is 0 Å². The Kier molecular flexibility index (Phi) is 3.37. The van der Waals surface area contributed by atoms with Gasteiger partial charge in [0.1, 0.15) is 5.60 Å². The van der Waals surface area contributed by atoms with E-state index in [2.05, 4.69) is 5.32 Å². The molecule has 3 nitrogen and oxygen atoms in total. The standard InChI is InChI=1S/C11H14ClNO2/c1-7-4-5-9(8(12)6-7)13-10(14)11(2,3)15/h4-6,15H,1-3H3,(H,13,14). The van der Waals surface area contributed by atoms with Crippen LogP contribution in [0, 0.1) is 6.92 Å². The van der Waals surface area contributed by atoms with E-state index in [9.17, 15) is 9.90 Å². The lowest BCUT2D eigenvalue weighted by atomic mass is 10.1. The number of rotatable bonds is 2. The molecule has 2 N–H and O–H groups in total. The van der Waals surface area contributed by atoms with E-state index in [0.717, 1.165) is 5.56 Å². The summed E-state index contributed by atoms with van der Waals surface area (Å²) in [6.45, 7) is 4.75. The zero-order valence-corrected chi connectivity index (χ0v) is 9.72. The maximum atomic E-state index is 11.5. The molecule has 1 amide bonds. The van der Waals surface area contributed by atoms with E-state index in [0.29, 0.717) is 10.7 Å². The first-order valence-electron chi connectivity index (χ1n) is 4.60. The molecule has 0 aromatic heterocycles. The molecule has 0 aliphatic rings. The molecule has 82 valence electrons. The second-order valence-electron chi connectivity index (χ2n) is 4.00. The van der Waals surface area contributed by atoms with Gasteiger partial charge in [-0.25, -0.2) is 0 Å². The number of hydrogen-bond acceptors (Lipinski definition) is 2. The highest BCUT2D eigenvalue weighted by atomic mass is 35.5. The van der Waals surface area contributed by atoms with Gasteiger partial charge in [0, 0.05) is 0 Å². The van der Waals surface area contributed by atoms with Gasteiger partial charge in [0.25, 0.3) is 5.91 Å². The summed E-state index contributed by atoms with van der Waals surface area (Å²) in [7, 11) is 0. The van der Waals surface area contributed by atoms with Gasteiger partial charge in [0.05, 0.1) is 10.7 Å². The topological polar surface area (TPSA) is 49.3 Å². The Labute approximate surface area is 94.1 Å². The summed E-state index contributed by atoms with van der Waals surface area (Å²) < 4.78 is 0. The van der Waals surface area contributed by atoms with Gasteiger partial charge in [-0.05, 0) is 38.5 Å². The van der Waals surface area contributed by atoms with Crippen LogP contribution >= 0.6 is 11.6 Å². The van der Waals surface area contributed by atoms with E-state index in [4.69, 9.17) is 11.6 Å². The van der Waals surface area contributed by atoms with Crippen LogP contribution in [-0.2, 0) is 4.79 Å². The number of aliphatic hydroxyl groups is 1. The average Bonchev–Trinajstić information content (AvgIpc) is 2.08. The molecule has 0 aliphatic heterocycles. The van der Waals surface area contributed by atoms with Crippen LogP contribution in [-0.4, -0.2) is 16.6 Å². The molecule has 1 rings (SSSR count). The molecular formula is C11H14ClNO2. The lowest BCUT2D eigenvalue weighted by molar-refractivity contribution is -0.130. The van der Waals surface area contributed by atoms with E-state index in [1.54, 1.807) is 12.1 Å². The van der Waals surface area contributed by atoms with E-state index in [1.807, 2.05) is 13.0 Å². The Morgan fingerprint density at radius 1 is 1.47 bits per heavy atom. The zero-order valence-electron chi connectivity index (χ0n) is 8.97. The molecule has 0 unspecified atom stereocenters. The molecule has 0 heterocycles. The second kappa shape index (κ2) is 4.21. The van der Waals surface area contributed by atoms with Crippen molar-refractivity contribution in [1.29, 1.82) is 0 Å². The first kappa shape index (κ1) is 12.0. The number of carbonyl (C=O) groups excluding carboxylic acids is 1. The molecule has 0 saturated heterocycles. The fourth-order valence-electron chi connectivity index (χ4n) is 0.997. The number of carbonyl (C=O) groups is 1. The Bertz CT molecular complexity index is 383. The Balaban J connectivity index is 2.87. The van der Waals surface area contributed by atoms with Crippen molar-refractivity contribution in [3.8, 4) is 0 Å². The summed E-state index contributed by atoms with van der Waals surface area (Å²) in [6, 6.07) is 5.30. The third kappa shape index (κ3) is 3.22. The normalized spacial score (nSPS) is 11.3. The van der Waals surface area contributed by atoms with Crippen LogP contribution < -0.4 is 5.32 Å². The molecule has 0 saturated carbocycles. The average molecular weight is 228 g/mol. The molecular weight excluding hydrogens is 214 g/mol. The number of anilines is 1. The summed E-state index contributed by atoms with van der Waals surface area (Å²) >= 11 is 5.93. The third-order valence-corrected chi connectivity index (χ3v) is 2.24. The Morgan fingerprint density at radius 2 is 2.07 bits per heavy atom. The Hall–Kier alpha value is -1.06. The van der Waals surface area contributed by atoms with Gasteiger partial charge in [0.15, 0.2) is 0 Å². The summed E-state index contributed by atoms with van der Waals surface area (Å²) in [6.07, 6.45) is 0. The van der Waals surface area contributed by atoms with E-state index >= 15 is 0 Å². The number of halogens is 1. The monoisotopic (exact) mass is 227 g/mol. The predicted molar refractivity (Wildman–Crippen MR) is 61.1 cm³/mol. The second-order valence-corrected chi connectivity index (χ2v) is 4.40. The molecule has 4 heteroatoms. The lowest BCUT2D eigenvalue weighted by Gasteiger charge is -2.17. The first-order valence-corrected chi connectivity index (χ1v) is 4.98. The van der Waals surface area contributed by atoms with Crippen molar-refractivity contribution in [2.24, 2.45) is 0 Å². The quantitative estimate of drug-likeness (QED) is 0.815. The molecule has 1 aromatic carbocycles. The van der Waals surface area contributed by atoms with Crippen molar-refractivity contribution in [1.82, 2.24) is 0 Å². The third-order valence-electron chi connectivity index (χ3n) is 1.93. The van der Waals surface area contributed by atoms with Gasteiger partial charge >= 0.3 is 0 Å². The maximum Gasteiger partial charge on any atom is 0.255 e.